The summed E-state index contributed by atoms with van der Waals surface area (Å²) in [5.74, 6) is 1.55. The summed E-state index contributed by atoms with van der Waals surface area (Å²) >= 11 is 0. The number of piperidine rings is 1. The van der Waals surface area contributed by atoms with E-state index in [0.29, 0.717) is 0 Å². The van der Waals surface area contributed by atoms with Crippen LogP contribution >= 0.6 is 0 Å². The van der Waals surface area contributed by atoms with Crippen LogP contribution < -0.4 is 10.6 Å². The lowest BCUT2D eigenvalue weighted by molar-refractivity contribution is 0.383. The van der Waals surface area contributed by atoms with Crippen molar-refractivity contribution < 1.29 is 0 Å². The van der Waals surface area contributed by atoms with Crippen molar-refractivity contribution in [3.8, 4) is 0 Å². The molecule has 1 aromatic heterocycles. The highest BCUT2D eigenvalue weighted by atomic mass is 15.3. The van der Waals surface area contributed by atoms with Crippen LogP contribution in [0.15, 0.2) is 0 Å². The molecule has 0 aliphatic carbocycles. The van der Waals surface area contributed by atoms with Gasteiger partial charge in [0.05, 0.1) is 11.4 Å². The van der Waals surface area contributed by atoms with Crippen LogP contribution in [-0.4, -0.2) is 34.8 Å². The molecule has 1 aliphatic rings. The Morgan fingerprint density at radius 1 is 1.18 bits per heavy atom. The monoisotopic (exact) mass is 235 g/mol. The second kappa shape index (κ2) is 5.40. The number of nitrogens with two attached hydrogens (primary N) is 1. The minimum absolute atomic E-state index is 0.774. The van der Waals surface area contributed by atoms with Crippen molar-refractivity contribution >= 4 is 5.95 Å². The van der Waals surface area contributed by atoms with Gasteiger partial charge in [-0.15, -0.1) is 5.10 Å². The quantitative estimate of drug-likeness (QED) is 0.848. The van der Waals surface area contributed by atoms with E-state index in [-0.39, 0.29) is 0 Å². The first-order valence-corrected chi connectivity index (χ1v) is 6.33. The molecule has 1 aliphatic heterocycles. The van der Waals surface area contributed by atoms with Crippen molar-refractivity contribution in [1.29, 1.82) is 0 Å². The lowest BCUT2D eigenvalue weighted by Gasteiger charge is -2.31. The third-order valence-corrected chi connectivity index (χ3v) is 3.55. The van der Waals surface area contributed by atoms with E-state index < -0.39 is 0 Å². The maximum atomic E-state index is 5.59. The SMILES string of the molecule is Cc1nnc(N2CCC(CCN)CC2)nc1C. The first-order valence-electron chi connectivity index (χ1n) is 6.33. The fraction of sp³-hybridized carbons (Fsp3) is 0.750. The molecular weight excluding hydrogens is 214 g/mol. The van der Waals surface area contributed by atoms with E-state index in [1.54, 1.807) is 0 Å². The Labute approximate surface area is 102 Å². The second-order valence-electron chi connectivity index (χ2n) is 4.79. The summed E-state index contributed by atoms with van der Waals surface area (Å²) in [5, 5.41) is 8.31. The Hall–Kier alpha value is -1.23. The van der Waals surface area contributed by atoms with E-state index >= 15 is 0 Å². The topological polar surface area (TPSA) is 67.9 Å². The second-order valence-corrected chi connectivity index (χ2v) is 4.79. The Bertz CT molecular complexity index is 371. The van der Waals surface area contributed by atoms with E-state index in [2.05, 4.69) is 20.1 Å². The number of aryl methyl sites for hydroxylation is 2. The summed E-state index contributed by atoms with van der Waals surface area (Å²) in [7, 11) is 0. The van der Waals surface area contributed by atoms with Crippen molar-refractivity contribution in [2.75, 3.05) is 24.5 Å². The summed E-state index contributed by atoms with van der Waals surface area (Å²) < 4.78 is 0. The predicted molar refractivity (Wildman–Crippen MR) is 67.9 cm³/mol. The van der Waals surface area contributed by atoms with Crippen molar-refractivity contribution in [1.82, 2.24) is 15.2 Å². The summed E-state index contributed by atoms with van der Waals surface area (Å²) in [5.41, 5.74) is 7.47. The number of anilines is 1. The van der Waals surface area contributed by atoms with Crippen molar-refractivity contribution in [3.05, 3.63) is 11.4 Å². The summed E-state index contributed by atoms with van der Waals surface area (Å²) in [4.78, 5) is 6.72. The van der Waals surface area contributed by atoms with Gasteiger partial charge >= 0.3 is 0 Å². The van der Waals surface area contributed by atoms with Crippen molar-refractivity contribution in [3.63, 3.8) is 0 Å². The Morgan fingerprint density at radius 2 is 1.88 bits per heavy atom. The average Bonchev–Trinajstić information content (AvgIpc) is 2.34. The summed E-state index contributed by atoms with van der Waals surface area (Å²) in [6.07, 6.45) is 3.51. The third-order valence-electron chi connectivity index (χ3n) is 3.55. The van der Waals surface area contributed by atoms with E-state index in [0.717, 1.165) is 49.3 Å². The van der Waals surface area contributed by atoms with Gasteiger partial charge in [-0.3, -0.25) is 0 Å². The molecule has 1 fully saturated rings. The Kier molecular flexibility index (Phi) is 3.89. The molecule has 94 valence electrons. The van der Waals surface area contributed by atoms with Gasteiger partial charge in [-0.05, 0) is 45.6 Å². The largest absolute Gasteiger partial charge is 0.340 e. The number of hydrogen-bond acceptors (Lipinski definition) is 5. The maximum absolute atomic E-state index is 5.59. The molecule has 0 spiro atoms. The van der Waals surface area contributed by atoms with Gasteiger partial charge < -0.3 is 10.6 Å². The zero-order valence-corrected chi connectivity index (χ0v) is 10.7. The van der Waals surface area contributed by atoms with Gasteiger partial charge in [0.25, 0.3) is 0 Å². The summed E-state index contributed by atoms with van der Waals surface area (Å²) in [6, 6.07) is 0. The van der Waals surface area contributed by atoms with E-state index in [4.69, 9.17) is 5.73 Å². The Morgan fingerprint density at radius 3 is 2.47 bits per heavy atom. The van der Waals surface area contributed by atoms with Gasteiger partial charge in [-0.2, -0.15) is 5.10 Å². The zero-order chi connectivity index (χ0) is 12.3. The number of aromatic nitrogens is 3. The number of hydrogen-bond donors (Lipinski definition) is 1. The standard InChI is InChI=1S/C12H21N5/c1-9-10(2)15-16-12(14-9)17-7-4-11(3-6-13)5-8-17/h11H,3-8,13H2,1-2H3. The molecule has 2 N–H and O–H groups in total. The lowest BCUT2D eigenvalue weighted by Crippen LogP contribution is -2.35. The van der Waals surface area contributed by atoms with Crippen LogP contribution in [0.4, 0.5) is 5.95 Å². The van der Waals surface area contributed by atoms with Gasteiger partial charge in [0.1, 0.15) is 0 Å². The third kappa shape index (κ3) is 2.91. The maximum Gasteiger partial charge on any atom is 0.245 e. The van der Waals surface area contributed by atoms with Gasteiger partial charge in [-0.1, -0.05) is 0 Å². The zero-order valence-electron chi connectivity index (χ0n) is 10.7. The molecule has 0 unspecified atom stereocenters. The molecule has 0 saturated carbocycles. The van der Waals surface area contributed by atoms with Crippen LogP contribution in [0.2, 0.25) is 0 Å². The molecule has 1 saturated heterocycles. The smallest absolute Gasteiger partial charge is 0.245 e. The normalized spacial score (nSPS) is 17.5. The molecule has 1 aromatic rings. The molecule has 2 heterocycles. The fourth-order valence-corrected chi connectivity index (χ4v) is 2.24. The highest BCUT2D eigenvalue weighted by molar-refractivity contribution is 5.30. The van der Waals surface area contributed by atoms with Gasteiger partial charge in [-0.25, -0.2) is 4.98 Å². The molecule has 0 bridgehead atoms. The number of rotatable bonds is 3. The van der Waals surface area contributed by atoms with Crippen LogP contribution in [0, 0.1) is 19.8 Å². The van der Waals surface area contributed by atoms with Crippen LogP contribution in [0.25, 0.3) is 0 Å². The molecular formula is C12H21N5. The van der Waals surface area contributed by atoms with Gasteiger partial charge in [0.2, 0.25) is 5.95 Å². The van der Waals surface area contributed by atoms with Crippen molar-refractivity contribution in [2.45, 2.75) is 33.1 Å². The highest BCUT2D eigenvalue weighted by Crippen LogP contribution is 2.22. The van der Waals surface area contributed by atoms with Crippen molar-refractivity contribution in [2.24, 2.45) is 11.7 Å². The minimum Gasteiger partial charge on any atom is -0.340 e. The molecule has 5 heteroatoms. The van der Waals surface area contributed by atoms with Crippen LogP contribution in [0.1, 0.15) is 30.7 Å². The van der Waals surface area contributed by atoms with Crippen LogP contribution in [0.5, 0.6) is 0 Å². The Balaban J connectivity index is 1.98. The van der Waals surface area contributed by atoms with E-state index in [1.807, 2.05) is 13.8 Å². The van der Waals surface area contributed by atoms with Gasteiger partial charge in [0.15, 0.2) is 0 Å². The van der Waals surface area contributed by atoms with E-state index in [1.165, 1.54) is 12.8 Å². The molecule has 0 amide bonds. The first-order chi connectivity index (χ1) is 8.20. The lowest BCUT2D eigenvalue weighted by atomic mass is 9.94. The molecule has 0 radical (unpaired) electrons. The number of nitrogens with zero attached hydrogens (tertiary/aromatic N) is 4. The highest BCUT2D eigenvalue weighted by Gasteiger charge is 2.20. The first kappa shape index (κ1) is 12.2. The predicted octanol–water partition coefficient (Wildman–Crippen LogP) is 1.05. The molecule has 5 nitrogen and oxygen atoms in total. The molecule has 17 heavy (non-hydrogen) atoms. The van der Waals surface area contributed by atoms with E-state index in [9.17, 15) is 0 Å². The molecule has 0 aromatic carbocycles. The summed E-state index contributed by atoms with van der Waals surface area (Å²) in [6.45, 7) is 6.76. The molecule has 2 rings (SSSR count). The molecule has 0 atom stereocenters. The minimum atomic E-state index is 0.774. The van der Waals surface area contributed by atoms with Crippen LogP contribution in [-0.2, 0) is 0 Å². The van der Waals surface area contributed by atoms with Gasteiger partial charge in [0, 0.05) is 13.1 Å². The fourth-order valence-electron chi connectivity index (χ4n) is 2.24. The average molecular weight is 235 g/mol. The van der Waals surface area contributed by atoms with Crippen LogP contribution in [0.3, 0.4) is 0 Å².